The number of nitrogen functional groups attached to an aromatic ring is 1. The van der Waals surface area contributed by atoms with Crippen LogP contribution in [0.25, 0.3) is 0 Å². The van der Waals surface area contributed by atoms with E-state index < -0.39 is 0 Å². The summed E-state index contributed by atoms with van der Waals surface area (Å²) in [6.45, 7) is 6.31. The Balaban J connectivity index is 2.31. The van der Waals surface area contributed by atoms with E-state index in [1.165, 1.54) is 18.4 Å². The summed E-state index contributed by atoms with van der Waals surface area (Å²) in [6, 6.07) is 6.12. The first kappa shape index (κ1) is 12.0. The van der Waals surface area contributed by atoms with Gasteiger partial charge in [-0.2, -0.15) is 0 Å². The summed E-state index contributed by atoms with van der Waals surface area (Å²) in [6.07, 6.45) is 2.69. The molecule has 0 amide bonds. The largest absolute Gasteiger partial charge is 0.384 e. The van der Waals surface area contributed by atoms with Crippen molar-refractivity contribution < 1.29 is 0 Å². The predicted octanol–water partition coefficient (Wildman–Crippen LogP) is 2.52. The molecular formula is C14H21N3. The third-order valence-electron chi connectivity index (χ3n) is 3.34. The Kier molecular flexibility index (Phi) is 3.36. The van der Waals surface area contributed by atoms with Crippen LogP contribution in [-0.4, -0.2) is 18.9 Å². The molecule has 0 radical (unpaired) electrons. The molecule has 0 aromatic heterocycles. The van der Waals surface area contributed by atoms with Crippen molar-refractivity contribution in [2.24, 2.45) is 11.7 Å². The number of hydrogen-bond acceptors (Lipinski definition) is 2. The summed E-state index contributed by atoms with van der Waals surface area (Å²) in [7, 11) is 0. The van der Waals surface area contributed by atoms with Crippen LogP contribution in [0.1, 0.15) is 30.9 Å². The molecule has 1 fully saturated rings. The molecule has 3 heteroatoms. The van der Waals surface area contributed by atoms with Crippen LogP contribution in [0.3, 0.4) is 0 Å². The summed E-state index contributed by atoms with van der Waals surface area (Å²) < 4.78 is 0. The van der Waals surface area contributed by atoms with E-state index >= 15 is 0 Å². The number of rotatable bonds is 5. The lowest BCUT2D eigenvalue weighted by atomic mass is 10.1. The zero-order chi connectivity index (χ0) is 12.4. The Morgan fingerprint density at radius 2 is 2.18 bits per heavy atom. The van der Waals surface area contributed by atoms with Crippen LogP contribution in [-0.2, 0) is 0 Å². The third-order valence-corrected chi connectivity index (χ3v) is 3.34. The van der Waals surface area contributed by atoms with Gasteiger partial charge < -0.3 is 10.6 Å². The van der Waals surface area contributed by atoms with E-state index in [1.807, 2.05) is 12.1 Å². The van der Waals surface area contributed by atoms with Gasteiger partial charge in [-0.25, -0.2) is 0 Å². The highest BCUT2D eigenvalue weighted by Gasteiger charge is 2.25. The Morgan fingerprint density at radius 1 is 1.47 bits per heavy atom. The normalized spacial score (nSPS) is 14.7. The molecule has 2 rings (SSSR count). The lowest BCUT2D eigenvalue weighted by molar-refractivity contribution is 0.741. The van der Waals surface area contributed by atoms with Crippen molar-refractivity contribution in [1.82, 2.24) is 0 Å². The fourth-order valence-corrected chi connectivity index (χ4v) is 2.14. The van der Waals surface area contributed by atoms with Crippen molar-refractivity contribution in [2.45, 2.75) is 26.7 Å². The van der Waals surface area contributed by atoms with Gasteiger partial charge in [-0.15, -0.1) is 0 Å². The number of nitrogens with two attached hydrogens (primary N) is 1. The molecule has 0 unspecified atom stereocenters. The molecule has 0 heterocycles. The average Bonchev–Trinajstić information content (AvgIpc) is 3.09. The van der Waals surface area contributed by atoms with Gasteiger partial charge in [-0.05, 0) is 50.3 Å². The van der Waals surface area contributed by atoms with E-state index in [0.717, 1.165) is 30.3 Å². The highest BCUT2D eigenvalue weighted by atomic mass is 15.1. The summed E-state index contributed by atoms with van der Waals surface area (Å²) in [5, 5.41) is 7.66. The first-order chi connectivity index (χ1) is 8.11. The maximum absolute atomic E-state index is 7.66. The van der Waals surface area contributed by atoms with Crippen LogP contribution in [0.4, 0.5) is 5.69 Å². The minimum Gasteiger partial charge on any atom is -0.384 e. The van der Waals surface area contributed by atoms with Crippen LogP contribution < -0.4 is 10.6 Å². The predicted molar refractivity (Wildman–Crippen MR) is 72.8 cm³/mol. The molecule has 1 aromatic rings. The average molecular weight is 231 g/mol. The Bertz CT molecular complexity index is 421. The molecule has 0 atom stereocenters. The lowest BCUT2D eigenvalue weighted by Crippen LogP contribution is -2.28. The monoisotopic (exact) mass is 231 g/mol. The molecule has 1 aromatic carbocycles. The van der Waals surface area contributed by atoms with Crippen molar-refractivity contribution in [2.75, 3.05) is 18.0 Å². The summed E-state index contributed by atoms with van der Waals surface area (Å²) >= 11 is 0. The van der Waals surface area contributed by atoms with Gasteiger partial charge in [0.05, 0.1) is 0 Å². The van der Waals surface area contributed by atoms with E-state index in [2.05, 4.69) is 24.8 Å². The maximum atomic E-state index is 7.66. The standard InChI is InChI=1S/C14H21N3/c1-3-17(9-11-5-6-11)13-8-10(2)4-7-12(13)14(15)16/h4,7-8,11H,3,5-6,9H2,1-2H3,(H3,15,16). The fraction of sp³-hybridized carbons (Fsp3) is 0.500. The van der Waals surface area contributed by atoms with Gasteiger partial charge in [0.2, 0.25) is 0 Å². The smallest absolute Gasteiger partial charge is 0.124 e. The Morgan fingerprint density at radius 3 is 2.71 bits per heavy atom. The quantitative estimate of drug-likeness (QED) is 0.604. The molecule has 1 saturated carbocycles. The van der Waals surface area contributed by atoms with E-state index in [-0.39, 0.29) is 5.84 Å². The number of amidine groups is 1. The Hall–Kier alpha value is -1.51. The fourth-order valence-electron chi connectivity index (χ4n) is 2.14. The second kappa shape index (κ2) is 4.78. The van der Waals surface area contributed by atoms with Gasteiger partial charge in [0.15, 0.2) is 0 Å². The molecule has 1 aliphatic rings. The van der Waals surface area contributed by atoms with Crippen molar-refractivity contribution in [3.63, 3.8) is 0 Å². The van der Waals surface area contributed by atoms with Crippen LogP contribution in [0.15, 0.2) is 18.2 Å². The van der Waals surface area contributed by atoms with Gasteiger partial charge in [0.25, 0.3) is 0 Å². The second-order valence-corrected chi connectivity index (χ2v) is 4.92. The number of anilines is 1. The van der Waals surface area contributed by atoms with Crippen molar-refractivity contribution in [1.29, 1.82) is 5.41 Å². The van der Waals surface area contributed by atoms with Gasteiger partial charge in [-0.3, -0.25) is 5.41 Å². The summed E-state index contributed by atoms with van der Waals surface area (Å²) in [5.74, 6) is 1.00. The number of aryl methyl sites for hydroxylation is 1. The first-order valence-electron chi connectivity index (χ1n) is 6.31. The number of nitrogens with zero attached hydrogens (tertiary/aromatic N) is 1. The second-order valence-electron chi connectivity index (χ2n) is 4.92. The number of hydrogen-bond donors (Lipinski definition) is 2. The highest BCUT2D eigenvalue weighted by Crippen LogP contribution is 2.32. The summed E-state index contributed by atoms with van der Waals surface area (Å²) in [5.41, 5.74) is 8.86. The SMILES string of the molecule is CCN(CC1CC1)c1cc(C)ccc1C(=N)N. The number of benzene rings is 1. The minimum absolute atomic E-state index is 0.161. The molecule has 1 aliphatic carbocycles. The van der Waals surface area contributed by atoms with Gasteiger partial charge in [-0.1, -0.05) is 6.07 Å². The minimum atomic E-state index is 0.161. The first-order valence-corrected chi connectivity index (χ1v) is 6.31. The third kappa shape index (κ3) is 2.78. The highest BCUT2D eigenvalue weighted by molar-refractivity contribution is 6.00. The van der Waals surface area contributed by atoms with Crippen molar-refractivity contribution in [3.05, 3.63) is 29.3 Å². The molecule has 0 aliphatic heterocycles. The lowest BCUT2D eigenvalue weighted by Gasteiger charge is -2.26. The van der Waals surface area contributed by atoms with Crippen molar-refractivity contribution in [3.8, 4) is 0 Å². The van der Waals surface area contributed by atoms with Gasteiger partial charge in [0.1, 0.15) is 5.84 Å². The molecule has 3 N–H and O–H groups in total. The molecule has 92 valence electrons. The van der Waals surface area contributed by atoms with E-state index in [9.17, 15) is 0 Å². The van der Waals surface area contributed by atoms with Crippen LogP contribution in [0.5, 0.6) is 0 Å². The van der Waals surface area contributed by atoms with Crippen LogP contribution >= 0.6 is 0 Å². The Labute approximate surface area is 103 Å². The number of nitrogens with one attached hydrogen (secondary N) is 1. The van der Waals surface area contributed by atoms with Crippen molar-refractivity contribution >= 4 is 11.5 Å². The molecule has 0 spiro atoms. The van der Waals surface area contributed by atoms with E-state index in [0.29, 0.717) is 0 Å². The van der Waals surface area contributed by atoms with Crippen LogP contribution in [0.2, 0.25) is 0 Å². The molecule has 0 bridgehead atoms. The molecule has 3 nitrogen and oxygen atoms in total. The zero-order valence-corrected chi connectivity index (χ0v) is 10.7. The maximum Gasteiger partial charge on any atom is 0.124 e. The van der Waals surface area contributed by atoms with E-state index in [4.69, 9.17) is 11.1 Å². The van der Waals surface area contributed by atoms with E-state index in [1.54, 1.807) is 0 Å². The topological polar surface area (TPSA) is 53.1 Å². The van der Waals surface area contributed by atoms with Crippen LogP contribution in [0, 0.1) is 18.3 Å². The molecule has 0 saturated heterocycles. The zero-order valence-electron chi connectivity index (χ0n) is 10.7. The molecule has 17 heavy (non-hydrogen) atoms. The van der Waals surface area contributed by atoms with Gasteiger partial charge >= 0.3 is 0 Å². The molecular weight excluding hydrogens is 210 g/mol. The summed E-state index contributed by atoms with van der Waals surface area (Å²) in [4.78, 5) is 2.35. The van der Waals surface area contributed by atoms with Gasteiger partial charge in [0, 0.05) is 24.3 Å².